The third-order valence-electron chi connectivity index (χ3n) is 3.66. The topological polar surface area (TPSA) is 75.0 Å². The third kappa shape index (κ3) is 3.94. The second-order valence-electron chi connectivity index (χ2n) is 5.33. The highest BCUT2D eigenvalue weighted by Gasteiger charge is 2.28. The monoisotopic (exact) mass is 286 g/mol. The number of hydrogen-bond acceptors (Lipinski definition) is 3. The number of H-pyrrole nitrogens is 1. The Kier molecular flexibility index (Phi) is 5.82. The van der Waals surface area contributed by atoms with Crippen molar-refractivity contribution in [3.63, 3.8) is 0 Å². The van der Waals surface area contributed by atoms with E-state index in [1.54, 1.807) is 0 Å². The molecule has 2 unspecified atom stereocenters. The van der Waals surface area contributed by atoms with E-state index in [-0.39, 0.29) is 24.4 Å². The first kappa shape index (κ1) is 16.0. The van der Waals surface area contributed by atoms with Gasteiger partial charge in [0, 0.05) is 24.8 Å². The number of aromatic nitrogens is 2. The molecule has 108 valence electrons. The van der Waals surface area contributed by atoms with Gasteiger partial charge >= 0.3 is 0 Å². The van der Waals surface area contributed by atoms with Crippen LogP contribution in [-0.4, -0.2) is 40.1 Å². The lowest BCUT2D eigenvalue weighted by Crippen LogP contribution is -2.49. The highest BCUT2D eigenvalue weighted by molar-refractivity contribution is 5.85. The molecule has 0 aliphatic carbocycles. The van der Waals surface area contributed by atoms with Crippen molar-refractivity contribution in [2.75, 3.05) is 13.1 Å². The summed E-state index contributed by atoms with van der Waals surface area (Å²) in [6, 6.07) is 2.11. The summed E-state index contributed by atoms with van der Waals surface area (Å²) in [6.07, 6.45) is 2.46. The Morgan fingerprint density at radius 3 is 2.95 bits per heavy atom. The minimum Gasteiger partial charge on any atom is -0.338 e. The van der Waals surface area contributed by atoms with E-state index in [4.69, 9.17) is 5.73 Å². The second kappa shape index (κ2) is 6.91. The number of carbonyl (C=O) groups excluding carboxylic acids is 1. The van der Waals surface area contributed by atoms with Crippen LogP contribution in [0, 0.1) is 12.8 Å². The number of aryl methyl sites for hydroxylation is 1. The Morgan fingerprint density at radius 2 is 2.37 bits per heavy atom. The van der Waals surface area contributed by atoms with Crippen molar-refractivity contribution in [1.29, 1.82) is 0 Å². The number of rotatable bonds is 3. The first-order chi connectivity index (χ1) is 8.60. The molecule has 0 saturated carbocycles. The largest absolute Gasteiger partial charge is 0.338 e. The van der Waals surface area contributed by atoms with E-state index in [9.17, 15) is 4.79 Å². The van der Waals surface area contributed by atoms with Crippen LogP contribution in [0.3, 0.4) is 0 Å². The van der Waals surface area contributed by atoms with Crippen molar-refractivity contribution in [1.82, 2.24) is 15.1 Å². The fourth-order valence-electron chi connectivity index (χ4n) is 2.62. The van der Waals surface area contributed by atoms with Crippen LogP contribution in [0.5, 0.6) is 0 Å². The number of nitrogens with zero attached hydrogens (tertiary/aromatic N) is 2. The van der Waals surface area contributed by atoms with Gasteiger partial charge in [-0.3, -0.25) is 9.89 Å². The molecule has 6 heteroatoms. The van der Waals surface area contributed by atoms with Gasteiger partial charge in [0.1, 0.15) is 0 Å². The summed E-state index contributed by atoms with van der Waals surface area (Å²) >= 11 is 0. The zero-order valence-corrected chi connectivity index (χ0v) is 12.4. The zero-order chi connectivity index (χ0) is 13.1. The van der Waals surface area contributed by atoms with Crippen LogP contribution in [0.25, 0.3) is 0 Å². The highest BCUT2D eigenvalue weighted by atomic mass is 35.5. The Labute approximate surface area is 120 Å². The number of carbonyl (C=O) groups is 1. The molecular formula is C13H23ClN4O. The molecule has 1 aromatic rings. The molecule has 1 saturated heterocycles. The summed E-state index contributed by atoms with van der Waals surface area (Å²) in [5.74, 6) is 0.805. The molecule has 0 spiro atoms. The lowest BCUT2D eigenvalue weighted by atomic mass is 9.92. The van der Waals surface area contributed by atoms with Gasteiger partial charge in [0.2, 0.25) is 5.91 Å². The minimum absolute atomic E-state index is 0. The van der Waals surface area contributed by atoms with E-state index < -0.39 is 0 Å². The quantitative estimate of drug-likeness (QED) is 0.879. The van der Waals surface area contributed by atoms with E-state index in [0.29, 0.717) is 18.9 Å². The number of hydrogen-bond donors (Lipinski definition) is 2. The molecule has 19 heavy (non-hydrogen) atoms. The standard InChI is InChI=1S/C13H22N4O.ClH/c1-9-3-4-17(12(5-9)8-14)13(18)7-11-6-10(2)15-16-11;/h6,9,12H,3-5,7-8,14H2,1-2H3,(H,15,16);1H. The van der Waals surface area contributed by atoms with Gasteiger partial charge in [-0.2, -0.15) is 5.10 Å². The minimum atomic E-state index is 0. The summed E-state index contributed by atoms with van der Waals surface area (Å²) in [5.41, 5.74) is 7.57. The number of nitrogens with two attached hydrogens (primary N) is 1. The molecule has 2 rings (SSSR count). The molecular weight excluding hydrogens is 264 g/mol. The van der Waals surface area contributed by atoms with E-state index in [1.807, 2.05) is 17.9 Å². The van der Waals surface area contributed by atoms with Gasteiger partial charge < -0.3 is 10.6 Å². The van der Waals surface area contributed by atoms with Gasteiger partial charge in [0.05, 0.1) is 12.1 Å². The Hall–Kier alpha value is -1.07. The predicted octanol–water partition coefficient (Wildman–Crippen LogP) is 1.27. The van der Waals surface area contributed by atoms with Gasteiger partial charge in [-0.15, -0.1) is 12.4 Å². The van der Waals surface area contributed by atoms with Crippen LogP contribution in [-0.2, 0) is 11.2 Å². The van der Waals surface area contributed by atoms with E-state index in [0.717, 1.165) is 30.8 Å². The molecule has 3 N–H and O–H groups in total. The number of likely N-dealkylation sites (tertiary alicyclic amines) is 1. The lowest BCUT2D eigenvalue weighted by molar-refractivity contribution is -0.134. The normalized spacial score (nSPS) is 23.0. The molecule has 0 bridgehead atoms. The number of nitrogens with one attached hydrogen (secondary N) is 1. The Morgan fingerprint density at radius 1 is 1.63 bits per heavy atom. The molecule has 2 atom stereocenters. The Balaban J connectivity index is 0.00000180. The van der Waals surface area contributed by atoms with Crippen molar-refractivity contribution in [3.8, 4) is 0 Å². The number of amides is 1. The maximum atomic E-state index is 12.3. The van der Waals surface area contributed by atoms with E-state index in [1.165, 1.54) is 0 Å². The summed E-state index contributed by atoms with van der Waals surface area (Å²) in [5, 5.41) is 6.98. The molecule has 1 fully saturated rings. The smallest absolute Gasteiger partial charge is 0.228 e. The van der Waals surface area contributed by atoms with E-state index >= 15 is 0 Å². The van der Waals surface area contributed by atoms with Crippen molar-refractivity contribution >= 4 is 18.3 Å². The van der Waals surface area contributed by atoms with Crippen molar-refractivity contribution in [3.05, 3.63) is 17.5 Å². The number of halogens is 1. The summed E-state index contributed by atoms with van der Waals surface area (Å²) in [6.45, 7) is 5.54. The number of aromatic amines is 1. The van der Waals surface area contributed by atoms with Crippen LogP contribution < -0.4 is 5.73 Å². The van der Waals surface area contributed by atoms with Crippen molar-refractivity contribution in [2.24, 2.45) is 11.7 Å². The van der Waals surface area contributed by atoms with Gasteiger partial charge in [0.25, 0.3) is 0 Å². The maximum absolute atomic E-state index is 12.3. The van der Waals surface area contributed by atoms with Crippen LogP contribution in [0.4, 0.5) is 0 Å². The molecule has 1 amide bonds. The lowest BCUT2D eigenvalue weighted by Gasteiger charge is -2.38. The van der Waals surface area contributed by atoms with E-state index in [2.05, 4.69) is 17.1 Å². The van der Waals surface area contributed by atoms with Crippen LogP contribution >= 0.6 is 12.4 Å². The highest BCUT2D eigenvalue weighted by Crippen LogP contribution is 2.22. The van der Waals surface area contributed by atoms with Gasteiger partial charge in [-0.05, 0) is 31.7 Å². The molecule has 1 aromatic heterocycles. The second-order valence-corrected chi connectivity index (χ2v) is 5.33. The average molecular weight is 287 g/mol. The summed E-state index contributed by atoms with van der Waals surface area (Å²) in [4.78, 5) is 14.2. The molecule has 1 aliphatic heterocycles. The fourth-order valence-corrected chi connectivity index (χ4v) is 2.62. The maximum Gasteiger partial charge on any atom is 0.228 e. The van der Waals surface area contributed by atoms with Crippen molar-refractivity contribution < 1.29 is 4.79 Å². The van der Waals surface area contributed by atoms with Crippen LogP contribution in [0.1, 0.15) is 31.2 Å². The molecule has 0 radical (unpaired) electrons. The molecule has 5 nitrogen and oxygen atoms in total. The van der Waals surface area contributed by atoms with Crippen molar-refractivity contribution in [2.45, 2.75) is 39.2 Å². The predicted molar refractivity (Wildman–Crippen MR) is 77.2 cm³/mol. The SMILES string of the molecule is Cc1cc(CC(=O)N2CCC(C)CC2CN)n[nH]1.Cl. The van der Waals surface area contributed by atoms with Crippen LogP contribution in [0.2, 0.25) is 0 Å². The molecule has 2 heterocycles. The Bertz CT molecular complexity index is 421. The average Bonchev–Trinajstić information content (AvgIpc) is 2.74. The summed E-state index contributed by atoms with van der Waals surface area (Å²) in [7, 11) is 0. The van der Waals surface area contributed by atoms with Crippen LogP contribution in [0.15, 0.2) is 6.07 Å². The molecule has 0 aromatic carbocycles. The first-order valence-electron chi connectivity index (χ1n) is 6.60. The molecule has 1 aliphatic rings. The number of piperidine rings is 1. The first-order valence-corrected chi connectivity index (χ1v) is 6.60. The fraction of sp³-hybridized carbons (Fsp3) is 0.692. The zero-order valence-electron chi connectivity index (χ0n) is 11.6. The summed E-state index contributed by atoms with van der Waals surface area (Å²) < 4.78 is 0. The van der Waals surface area contributed by atoms with Gasteiger partial charge in [0.15, 0.2) is 0 Å². The third-order valence-corrected chi connectivity index (χ3v) is 3.66. The van der Waals surface area contributed by atoms with Gasteiger partial charge in [-0.25, -0.2) is 0 Å². The van der Waals surface area contributed by atoms with Gasteiger partial charge in [-0.1, -0.05) is 6.92 Å².